The Balaban J connectivity index is 2.20. The molecule has 0 aliphatic carbocycles. The number of fused-ring (bicyclic) bond motifs is 1. The number of halogens is 1. The maximum Gasteiger partial charge on any atom is 0.306 e. The van der Waals surface area contributed by atoms with Crippen LogP contribution >= 0.6 is 15.9 Å². The zero-order chi connectivity index (χ0) is 26.4. The van der Waals surface area contributed by atoms with Crippen LogP contribution in [0.4, 0.5) is 0 Å². The van der Waals surface area contributed by atoms with Crippen molar-refractivity contribution in [2.75, 3.05) is 27.4 Å². The lowest BCUT2D eigenvalue weighted by molar-refractivity contribution is -0.146. The third kappa shape index (κ3) is 5.53. The van der Waals surface area contributed by atoms with Gasteiger partial charge < -0.3 is 19.1 Å². The van der Waals surface area contributed by atoms with Crippen LogP contribution in [0.3, 0.4) is 0 Å². The van der Waals surface area contributed by atoms with E-state index in [2.05, 4.69) is 15.9 Å². The smallest absolute Gasteiger partial charge is 0.306 e. The Hall–Kier alpha value is -3.40. The van der Waals surface area contributed by atoms with Gasteiger partial charge in [-0.3, -0.25) is 19.0 Å². The molecule has 36 heavy (non-hydrogen) atoms. The van der Waals surface area contributed by atoms with E-state index in [-0.39, 0.29) is 30.9 Å². The first-order valence-electron chi connectivity index (χ1n) is 11.7. The lowest BCUT2D eigenvalue weighted by Crippen LogP contribution is -2.37. The molecule has 0 fully saturated rings. The molecular formula is C26H30BrN3O6. The molecule has 192 valence electrons. The predicted octanol–water partition coefficient (Wildman–Crippen LogP) is 4.42. The SMILES string of the molecule is CCOC(=O)CCC(=O)N(CC)C(C)c1nc2ccccc2c(=O)n1-c1cc(OC)cc(OC)c1Br. The van der Waals surface area contributed by atoms with Gasteiger partial charge in [0.25, 0.3) is 5.56 Å². The van der Waals surface area contributed by atoms with Crippen LogP contribution < -0.4 is 15.0 Å². The Morgan fingerprint density at radius 1 is 1.11 bits per heavy atom. The lowest BCUT2D eigenvalue weighted by atomic mass is 10.1. The normalized spacial score (nSPS) is 11.7. The average Bonchev–Trinajstić information content (AvgIpc) is 2.88. The van der Waals surface area contributed by atoms with Crippen LogP contribution in [0.15, 0.2) is 45.7 Å². The van der Waals surface area contributed by atoms with Gasteiger partial charge in [-0.05, 0) is 48.8 Å². The van der Waals surface area contributed by atoms with Crippen molar-refractivity contribution in [3.05, 3.63) is 57.0 Å². The Morgan fingerprint density at radius 2 is 1.83 bits per heavy atom. The minimum absolute atomic E-state index is 0.00843. The fourth-order valence-corrected chi connectivity index (χ4v) is 4.61. The first-order chi connectivity index (χ1) is 17.3. The summed E-state index contributed by atoms with van der Waals surface area (Å²) in [5, 5.41) is 0.429. The number of amides is 1. The number of rotatable bonds is 10. The molecule has 0 N–H and O–H groups in total. The first kappa shape index (κ1) is 27.2. The third-order valence-corrected chi connectivity index (χ3v) is 6.64. The molecule has 0 radical (unpaired) electrons. The molecule has 1 aromatic heterocycles. The lowest BCUT2D eigenvalue weighted by Gasteiger charge is -2.30. The summed E-state index contributed by atoms with van der Waals surface area (Å²) in [6.07, 6.45) is -0.0298. The standard InChI is InChI=1S/C26H30BrN3O6/c1-6-29(22(31)12-13-23(32)36-7-2)16(3)25-28-19-11-9-8-10-18(19)26(33)30(25)20-14-17(34-4)15-21(35-5)24(20)27/h8-11,14-16H,6-7,12-13H2,1-5H3. The number of hydrogen-bond acceptors (Lipinski definition) is 7. The summed E-state index contributed by atoms with van der Waals surface area (Å²) in [6.45, 7) is 5.98. The second kappa shape index (κ2) is 12.0. The molecular weight excluding hydrogens is 530 g/mol. The van der Waals surface area contributed by atoms with Crippen LogP contribution in [0.2, 0.25) is 0 Å². The van der Waals surface area contributed by atoms with Crippen molar-refractivity contribution >= 4 is 38.7 Å². The van der Waals surface area contributed by atoms with Crippen LogP contribution in [0, 0.1) is 0 Å². The molecule has 0 saturated heterocycles. The van der Waals surface area contributed by atoms with Gasteiger partial charge in [0.1, 0.15) is 17.3 Å². The molecule has 1 amide bonds. The van der Waals surface area contributed by atoms with Gasteiger partial charge in [0.2, 0.25) is 5.91 Å². The van der Waals surface area contributed by atoms with Gasteiger partial charge in [-0.2, -0.15) is 0 Å². The molecule has 0 saturated carbocycles. The Labute approximate surface area is 218 Å². The number of ether oxygens (including phenoxy) is 3. The van der Waals surface area contributed by atoms with E-state index in [9.17, 15) is 14.4 Å². The van der Waals surface area contributed by atoms with Crippen molar-refractivity contribution in [2.45, 2.75) is 39.7 Å². The van der Waals surface area contributed by atoms with Crippen molar-refractivity contribution in [1.82, 2.24) is 14.5 Å². The van der Waals surface area contributed by atoms with Crippen LogP contribution in [-0.4, -0.2) is 53.7 Å². The number of hydrogen-bond donors (Lipinski definition) is 0. The number of aromatic nitrogens is 2. The second-order valence-corrected chi connectivity index (χ2v) is 8.74. The molecule has 1 atom stereocenters. The zero-order valence-corrected chi connectivity index (χ0v) is 22.6. The summed E-state index contributed by atoms with van der Waals surface area (Å²) >= 11 is 3.56. The molecule has 3 aromatic rings. The van der Waals surface area contributed by atoms with Crippen molar-refractivity contribution in [2.24, 2.45) is 0 Å². The van der Waals surface area contributed by atoms with Gasteiger partial charge in [0, 0.05) is 25.1 Å². The number of benzene rings is 2. The van der Waals surface area contributed by atoms with Crippen molar-refractivity contribution in [3.63, 3.8) is 0 Å². The van der Waals surface area contributed by atoms with E-state index in [4.69, 9.17) is 19.2 Å². The fourth-order valence-electron chi connectivity index (χ4n) is 4.04. The molecule has 9 nitrogen and oxygen atoms in total. The summed E-state index contributed by atoms with van der Waals surface area (Å²) < 4.78 is 17.9. The first-order valence-corrected chi connectivity index (χ1v) is 12.4. The number of carbonyl (C=O) groups is 2. The average molecular weight is 560 g/mol. The highest BCUT2D eigenvalue weighted by Gasteiger charge is 2.27. The second-order valence-electron chi connectivity index (χ2n) is 7.95. The number of nitrogens with zero attached hydrogens (tertiary/aromatic N) is 3. The van der Waals surface area contributed by atoms with Gasteiger partial charge in [0.15, 0.2) is 0 Å². The van der Waals surface area contributed by atoms with E-state index in [0.717, 1.165) is 0 Å². The van der Waals surface area contributed by atoms with Crippen LogP contribution in [-0.2, 0) is 14.3 Å². The van der Waals surface area contributed by atoms with Crippen molar-refractivity contribution in [1.29, 1.82) is 0 Å². The molecule has 0 aliphatic rings. The summed E-state index contributed by atoms with van der Waals surface area (Å²) in [4.78, 5) is 45.2. The van der Waals surface area contributed by atoms with E-state index in [1.165, 1.54) is 18.8 Å². The molecule has 10 heteroatoms. The number of esters is 1. The fraction of sp³-hybridized carbons (Fsp3) is 0.385. The minimum atomic E-state index is -0.592. The summed E-state index contributed by atoms with van der Waals surface area (Å²) in [5.41, 5.74) is 0.682. The highest BCUT2D eigenvalue weighted by atomic mass is 79.9. The summed E-state index contributed by atoms with van der Waals surface area (Å²) in [5.74, 6) is 0.653. The Kier molecular flexibility index (Phi) is 9.08. The van der Waals surface area contributed by atoms with E-state index in [0.29, 0.717) is 44.9 Å². The van der Waals surface area contributed by atoms with E-state index < -0.39 is 12.0 Å². The maximum absolute atomic E-state index is 13.8. The van der Waals surface area contributed by atoms with Crippen molar-refractivity contribution < 1.29 is 23.8 Å². The molecule has 2 aromatic carbocycles. The van der Waals surface area contributed by atoms with Crippen LogP contribution in [0.25, 0.3) is 16.6 Å². The largest absolute Gasteiger partial charge is 0.497 e. The van der Waals surface area contributed by atoms with Gasteiger partial charge in [-0.25, -0.2) is 4.98 Å². The molecule has 3 rings (SSSR count). The Bertz CT molecular complexity index is 1320. The monoisotopic (exact) mass is 559 g/mol. The van der Waals surface area contributed by atoms with E-state index in [1.807, 2.05) is 13.8 Å². The van der Waals surface area contributed by atoms with E-state index in [1.54, 1.807) is 48.2 Å². The highest BCUT2D eigenvalue weighted by molar-refractivity contribution is 9.10. The minimum Gasteiger partial charge on any atom is -0.497 e. The third-order valence-electron chi connectivity index (χ3n) is 5.84. The van der Waals surface area contributed by atoms with Gasteiger partial charge in [0.05, 0.1) is 54.4 Å². The molecule has 0 bridgehead atoms. The predicted molar refractivity (Wildman–Crippen MR) is 140 cm³/mol. The molecule has 1 heterocycles. The molecule has 0 aliphatic heterocycles. The topological polar surface area (TPSA) is 100.0 Å². The Morgan fingerprint density at radius 3 is 2.47 bits per heavy atom. The van der Waals surface area contributed by atoms with Crippen LogP contribution in [0.5, 0.6) is 11.5 Å². The molecule has 1 unspecified atom stereocenters. The number of carbonyl (C=O) groups excluding carboxylic acids is 2. The zero-order valence-electron chi connectivity index (χ0n) is 21.0. The quantitative estimate of drug-likeness (QED) is 0.339. The van der Waals surface area contributed by atoms with E-state index >= 15 is 0 Å². The van der Waals surface area contributed by atoms with Gasteiger partial charge in [-0.1, -0.05) is 12.1 Å². The van der Waals surface area contributed by atoms with Crippen LogP contribution in [0.1, 0.15) is 45.5 Å². The summed E-state index contributed by atoms with van der Waals surface area (Å²) in [7, 11) is 3.05. The summed E-state index contributed by atoms with van der Waals surface area (Å²) in [6, 6.07) is 9.87. The van der Waals surface area contributed by atoms with Crippen molar-refractivity contribution in [3.8, 4) is 17.2 Å². The highest BCUT2D eigenvalue weighted by Crippen LogP contribution is 2.37. The van der Waals surface area contributed by atoms with Gasteiger partial charge in [-0.15, -0.1) is 0 Å². The number of para-hydroxylation sites is 1. The number of methoxy groups -OCH3 is 2. The van der Waals surface area contributed by atoms with Gasteiger partial charge >= 0.3 is 5.97 Å². The molecule has 0 spiro atoms. The maximum atomic E-state index is 13.8.